The molecule has 0 bridgehead atoms. The van der Waals surface area contributed by atoms with E-state index >= 15 is 0 Å². The van der Waals surface area contributed by atoms with E-state index in [4.69, 9.17) is 11.6 Å². The van der Waals surface area contributed by atoms with Crippen LogP contribution in [0.4, 0.5) is 11.4 Å². The van der Waals surface area contributed by atoms with Crippen LogP contribution in [0.15, 0.2) is 53.4 Å². The van der Waals surface area contributed by atoms with E-state index in [1.807, 2.05) is 24.3 Å². The third-order valence-corrected chi connectivity index (χ3v) is 6.50. The van der Waals surface area contributed by atoms with Crippen LogP contribution in [-0.4, -0.2) is 58.5 Å². The number of nitrogens with zero attached hydrogens (tertiary/aromatic N) is 2. The van der Waals surface area contributed by atoms with E-state index in [1.165, 1.54) is 19.1 Å². The molecule has 1 aliphatic heterocycles. The molecule has 0 spiro atoms. The molecule has 0 radical (unpaired) electrons. The summed E-state index contributed by atoms with van der Waals surface area (Å²) in [6.07, 6.45) is 0. The van der Waals surface area contributed by atoms with Crippen LogP contribution in [0.2, 0.25) is 5.02 Å². The molecule has 156 valence electrons. The number of halogens is 1. The fraction of sp³-hybridized carbons (Fsp3) is 0.350. The highest BCUT2D eigenvalue weighted by atomic mass is 35.5. The summed E-state index contributed by atoms with van der Waals surface area (Å²) in [5.41, 5.74) is 1.72. The number of anilines is 2. The molecule has 0 atom stereocenters. The zero-order valence-electron chi connectivity index (χ0n) is 16.3. The third kappa shape index (κ3) is 6.17. The van der Waals surface area contributed by atoms with Gasteiger partial charge < -0.3 is 10.2 Å². The average Bonchev–Trinajstić information content (AvgIpc) is 2.69. The van der Waals surface area contributed by atoms with E-state index in [2.05, 4.69) is 19.8 Å². The number of hydrogen-bond acceptors (Lipinski definition) is 5. The summed E-state index contributed by atoms with van der Waals surface area (Å²) in [4.78, 5) is 15.8. The first-order valence-corrected chi connectivity index (χ1v) is 11.3. The lowest BCUT2D eigenvalue weighted by Crippen LogP contribution is -2.48. The third-order valence-electron chi connectivity index (χ3n) is 4.77. The molecule has 1 fully saturated rings. The maximum absolute atomic E-state index is 12.4. The molecular formula is C20H25ClN4O3S. The molecule has 1 aliphatic rings. The second-order valence-corrected chi connectivity index (χ2v) is 9.11. The Balaban J connectivity index is 1.45. The van der Waals surface area contributed by atoms with Crippen molar-refractivity contribution in [2.75, 3.05) is 49.5 Å². The van der Waals surface area contributed by atoms with Gasteiger partial charge in [0.15, 0.2) is 0 Å². The van der Waals surface area contributed by atoms with Crippen LogP contribution < -0.4 is 14.9 Å². The number of carbonyl (C=O) groups excluding carboxylic acids is 1. The van der Waals surface area contributed by atoms with E-state index in [0.717, 1.165) is 36.9 Å². The van der Waals surface area contributed by atoms with Crippen LogP contribution in [0, 0.1) is 0 Å². The van der Waals surface area contributed by atoms with Gasteiger partial charge in [0.1, 0.15) is 0 Å². The topological polar surface area (TPSA) is 81.7 Å². The molecule has 0 aliphatic carbocycles. The Bertz CT molecular complexity index is 925. The number of hydrogen-bond donors (Lipinski definition) is 2. The van der Waals surface area contributed by atoms with Gasteiger partial charge in [-0.15, -0.1) is 0 Å². The number of sulfonamides is 1. The Morgan fingerprint density at radius 3 is 2.21 bits per heavy atom. The minimum absolute atomic E-state index is 0.180. The normalized spacial score (nSPS) is 15.3. The van der Waals surface area contributed by atoms with Gasteiger partial charge in [-0.2, -0.15) is 0 Å². The molecule has 9 heteroatoms. The lowest BCUT2D eigenvalue weighted by Gasteiger charge is -2.36. The van der Waals surface area contributed by atoms with Crippen LogP contribution in [-0.2, 0) is 14.8 Å². The van der Waals surface area contributed by atoms with Gasteiger partial charge in [-0.25, -0.2) is 13.1 Å². The van der Waals surface area contributed by atoms with Crippen molar-refractivity contribution in [2.24, 2.45) is 0 Å². The van der Waals surface area contributed by atoms with E-state index in [0.29, 0.717) is 18.8 Å². The monoisotopic (exact) mass is 436 g/mol. The number of rotatable bonds is 7. The van der Waals surface area contributed by atoms with Crippen LogP contribution in [0.3, 0.4) is 0 Å². The molecular weight excluding hydrogens is 412 g/mol. The molecule has 2 aromatic rings. The maximum atomic E-state index is 12.4. The second kappa shape index (κ2) is 9.58. The molecule has 0 unspecified atom stereocenters. The highest BCUT2D eigenvalue weighted by Gasteiger charge is 2.18. The second-order valence-electron chi connectivity index (χ2n) is 6.91. The Morgan fingerprint density at radius 2 is 1.62 bits per heavy atom. The lowest BCUT2D eigenvalue weighted by molar-refractivity contribution is -0.114. The summed E-state index contributed by atoms with van der Waals surface area (Å²) in [5.74, 6) is -0.199. The fourth-order valence-electron chi connectivity index (χ4n) is 3.22. The summed E-state index contributed by atoms with van der Waals surface area (Å²) in [5, 5.41) is 3.34. The number of benzene rings is 2. The van der Waals surface area contributed by atoms with Crippen molar-refractivity contribution < 1.29 is 13.2 Å². The average molecular weight is 437 g/mol. The molecule has 1 amide bonds. The van der Waals surface area contributed by atoms with Gasteiger partial charge in [0.25, 0.3) is 0 Å². The Morgan fingerprint density at radius 1 is 1.00 bits per heavy atom. The molecule has 3 rings (SSSR count). The van der Waals surface area contributed by atoms with Gasteiger partial charge in [0.05, 0.1) is 4.90 Å². The summed E-state index contributed by atoms with van der Waals surface area (Å²) < 4.78 is 27.5. The molecule has 0 aromatic heterocycles. The molecule has 1 saturated heterocycles. The smallest absolute Gasteiger partial charge is 0.240 e. The highest BCUT2D eigenvalue weighted by molar-refractivity contribution is 7.89. The van der Waals surface area contributed by atoms with E-state index < -0.39 is 10.0 Å². The first kappa shape index (κ1) is 21.6. The van der Waals surface area contributed by atoms with Crippen molar-refractivity contribution in [3.05, 3.63) is 53.6 Å². The minimum Gasteiger partial charge on any atom is -0.369 e. The fourth-order valence-corrected chi connectivity index (χ4v) is 4.37. The SMILES string of the molecule is CC(=O)Nc1ccc(S(=O)(=O)NCCN2CCN(c3ccc(Cl)cc3)CC2)cc1. The van der Waals surface area contributed by atoms with Crippen molar-refractivity contribution in [3.63, 3.8) is 0 Å². The van der Waals surface area contributed by atoms with Crippen molar-refractivity contribution in [1.29, 1.82) is 0 Å². The van der Waals surface area contributed by atoms with Crippen LogP contribution in [0.5, 0.6) is 0 Å². The lowest BCUT2D eigenvalue weighted by atomic mass is 10.2. The quantitative estimate of drug-likeness (QED) is 0.696. The van der Waals surface area contributed by atoms with Gasteiger partial charge in [-0.1, -0.05) is 11.6 Å². The standard InChI is InChI=1S/C20H25ClN4O3S/c1-16(26)23-18-4-8-20(9-5-18)29(27,28)22-10-11-24-12-14-25(15-13-24)19-6-2-17(21)3-7-19/h2-9,22H,10-15H2,1H3,(H,23,26). The van der Waals surface area contributed by atoms with Crippen molar-refractivity contribution in [3.8, 4) is 0 Å². The summed E-state index contributed by atoms with van der Waals surface area (Å²) in [7, 11) is -3.58. The Kier molecular flexibility index (Phi) is 7.13. The van der Waals surface area contributed by atoms with Crippen molar-refractivity contribution in [1.82, 2.24) is 9.62 Å². The largest absolute Gasteiger partial charge is 0.369 e. The number of amides is 1. The molecule has 29 heavy (non-hydrogen) atoms. The first-order valence-electron chi connectivity index (χ1n) is 9.44. The maximum Gasteiger partial charge on any atom is 0.240 e. The van der Waals surface area contributed by atoms with Crippen LogP contribution >= 0.6 is 11.6 Å². The van der Waals surface area contributed by atoms with Crippen LogP contribution in [0.1, 0.15) is 6.92 Å². The predicted octanol–water partition coefficient (Wildman–Crippen LogP) is 2.40. The van der Waals surface area contributed by atoms with E-state index in [9.17, 15) is 13.2 Å². The zero-order valence-corrected chi connectivity index (χ0v) is 17.8. The number of nitrogens with one attached hydrogen (secondary N) is 2. The van der Waals surface area contributed by atoms with E-state index in [-0.39, 0.29) is 10.8 Å². The zero-order chi connectivity index (χ0) is 20.9. The summed E-state index contributed by atoms with van der Waals surface area (Å²) in [6, 6.07) is 13.9. The van der Waals surface area contributed by atoms with Crippen molar-refractivity contribution in [2.45, 2.75) is 11.8 Å². The number of piperazine rings is 1. The van der Waals surface area contributed by atoms with Gasteiger partial charge in [0, 0.05) is 62.6 Å². The predicted molar refractivity (Wildman–Crippen MR) is 116 cm³/mol. The minimum atomic E-state index is -3.58. The van der Waals surface area contributed by atoms with E-state index in [1.54, 1.807) is 12.1 Å². The highest BCUT2D eigenvalue weighted by Crippen LogP contribution is 2.19. The van der Waals surface area contributed by atoms with Crippen molar-refractivity contribution >= 4 is 38.9 Å². The molecule has 0 saturated carbocycles. The molecule has 7 nitrogen and oxygen atoms in total. The Labute approximate surface area is 176 Å². The molecule has 2 aromatic carbocycles. The van der Waals surface area contributed by atoms with Crippen LogP contribution in [0.25, 0.3) is 0 Å². The van der Waals surface area contributed by atoms with Gasteiger partial charge in [0.2, 0.25) is 15.9 Å². The number of carbonyl (C=O) groups is 1. The van der Waals surface area contributed by atoms with Gasteiger partial charge in [-0.3, -0.25) is 9.69 Å². The van der Waals surface area contributed by atoms with Gasteiger partial charge in [-0.05, 0) is 48.5 Å². The summed E-state index contributed by atoms with van der Waals surface area (Å²) >= 11 is 5.94. The Hall–Kier alpha value is -2.13. The molecule has 1 heterocycles. The molecule has 2 N–H and O–H groups in total. The van der Waals surface area contributed by atoms with Gasteiger partial charge >= 0.3 is 0 Å². The summed E-state index contributed by atoms with van der Waals surface area (Å²) in [6.45, 7) is 5.92. The first-order chi connectivity index (χ1) is 13.8.